The Bertz CT molecular complexity index is 594. The number of carbonyl (C=O) groups is 2. The number of carbonyl (C=O) groups excluding carboxylic acids is 2. The van der Waals surface area contributed by atoms with Gasteiger partial charge in [-0.2, -0.15) is 5.10 Å². The molecule has 2 heterocycles. The van der Waals surface area contributed by atoms with Crippen molar-refractivity contribution >= 4 is 23.4 Å². The van der Waals surface area contributed by atoms with Crippen LogP contribution in [0.2, 0.25) is 5.02 Å². The molecule has 21 heavy (non-hydrogen) atoms. The maximum Gasteiger partial charge on any atom is 0.248 e. The molecule has 0 aromatic carbocycles. The SMILES string of the molecule is Cc1nn(C)c(CN2C(=O)C(C)(C)NC(=O)CC2C)c1Cl. The Hall–Kier alpha value is -1.56. The van der Waals surface area contributed by atoms with Crippen LogP contribution >= 0.6 is 11.6 Å². The molecule has 0 spiro atoms. The van der Waals surface area contributed by atoms with Crippen molar-refractivity contribution in [2.45, 2.75) is 52.2 Å². The summed E-state index contributed by atoms with van der Waals surface area (Å²) in [6.07, 6.45) is 0.281. The molecule has 2 rings (SSSR count). The third kappa shape index (κ3) is 2.90. The van der Waals surface area contributed by atoms with E-state index in [1.807, 2.05) is 13.8 Å². The zero-order valence-corrected chi connectivity index (χ0v) is 13.8. The molecule has 0 radical (unpaired) electrons. The van der Waals surface area contributed by atoms with E-state index in [4.69, 9.17) is 11.6 Å². The molecule has 0 aliphatic carbocycles. The molecule has 1 aliphatic rings. The van der Waals surface area contributed by atoms with Crippen LogP contribution in [-0.4, -0.2) is 38.1 Å². The van der Waals surface area contributed by atoms with Crippen molar-refractivity contribution in [3.05, 3.63) is 16.4 Å². The topological polar surface area (TPSA) is 67.2 Å². The van der Waals surface area contributed by atoms with Gasteiger partial charge in [-0.1, -0.05) is 11.6 Å². The molecule has 1 fully saturated rings. The summed E-state index contributed by atoms with van der Waals surface area (Å²) in [4.78, 5) is 26.2. The number of nitrogens with zero attached hydrogens (tertiary/aromatic N) is 3. The number of rotatable bonds is 2. The third-order valence-corrected chi connectivity index (χ3v) is 4.33. The lowest BCUT2D eigenvalue weighted by atomic mass is 10.0. The van der Waals surface area contributed by atoms with Gasteiger partial charge in [0.05, 0.1) is 23.0 Å². The first-order chi connectivity index (χ1) is 9.63. The summed E-state index contributed by atoms with van der Waals surface area (Å²) in [5.74, 6) is -0.230. The second kappa shape index (κ2) is 5.33. The minimum Gasteiger partial charge on any atom is -0.342 e. The van der Waals surface area contributed by atoms with E-state index in [0.29, 0.717) is 11.6 Å². The van der Waals surface area contributed by atoms with Crippen LogP contribution in [0.1, 0.15) is 38.6 Å². The van der Waals surface area contributed by atoms with E-state index in [2.05, 4.69) is 10.4 Å². The van der Waals surface area contributed by atoms with E-state index in [-0.39, 0.29) is 24.3 Å². The van der Waals surface area contributed by atoms with Gasteiger partial charge in [-0.15, -0.1) is 0 Å². The van der Waals surface area contributed by atoms with Crippen LogP contribution in [-0.2, 0) is 23.2 Å². The highest BCUT2D eigenvalue weighted by molar-refractivity contribution is 6.31. The molecule has 116 valence electrons. The number of halogens is 1. The zero-order valence-electron chi connectivity index (χ0n) is 13.0. The lowest BCUT2D eigenvalue weighted by Gasteiger charge is -2.32. The van der Waals surface area contributed by atoms with Crippen molar-refractivity contribution in [1.29, 1.82) is 0 Å². The molecule has 0 saturated carbocycles. The molecule has 0 bridgehead atoms. The van der Waals surface area contributed by atoms with E-state index >= 15 is 0 Å². The van der Waals surface area contributed by atoms with E-state index in [9.17, 15) is 9.59 Å². The molecule has 6 nitrogen and oxygen atoms in total. The number of hydrogen-bond donors (Lipinski definition) is 1. The van der Waals surface area contributed by atoms with Gasteiger partial charge in [0.2, 0.25) is 11.8 Å². The Morgan fingerprint density at radius 1 is 1.43 bits per heavy atom. The number of nitrogens with one attached hydrogen (secondary N) is 1. The van der Waals surface area contributed by atoms with Crippen LogP contribution in [0.15, 0.2) is 0 Å². The lowest BCUT2D eigenvalue weighted by molar-refractivity contribution is -0.139. The van der Waals surface area contributed by atoms with Gasteiger partial charge in [-0.05, 0) is 27.7 Å². The highest BCUT2D eigenvalue weighted by atomic mass is 35.5. The van der Waals surface area contributed by atoms with Gasteiger partial charge >= 0.3 is 0 Å². The van der Waals surface area contributed by atoms with Crippen LogP contribution in [0, 0.1) is 6.92 Å². The van der Waals surface area contributed by atoms with Gasteiger partial charge in [0.15, 0.2) is 0 Å². The summed E-state index contributed by atoms with van der Waals surface area (Å²) < 4.78 is 1.69. The summed E-state index contributed by atoms with van der Waals surface area (Å²) in [7, 11) is 1.80. The number of hydrogen-bond acceptors (Lipinski definition) is 3. The Balaban J connectivity index is 2.36. The summed E-state index contributed by atoms with van der Waals surface area (Å²) >= 11 is 6.27. The maximum absolute atomic E-state index is 12.7. The van der Waals surface area contributed by atoms with Gasteiger partial charge in [-0.25, -0.2) is 0 Å². The highest BCUT2D eigenvalue weighted by Gasteiger charge is 2.40. The Morgan fingerprint density at radius 2 is 2.05 bits per heavy atom. The fourth-order valence-electron chi connectivity index (χ4n) is 2.63. The van der Waals surface area contributed by atoms with Crippen LogP contribution in [0.3, 0.4) is 0 Å². The fourth-order valence-corrected chi connectivity index (χ4v) is 2.85. The molecule has 1 N–H and O–H groups in total. The summed E-state index contributed by atoms with van der Waals surface area (Å²) in [5, 5.41) is 7.60. The fraction of sp³-hybridized carbons (Fsp3) is 0.643. The molecule has 7 heteroatoms. The first-order valence-corrected chi connectivity index (χ1v) is 7.31. The predicted octanol–water partition coefficient (Wildman–Crippen LogP) is 1.40. The van der Waals surface area contributed by atoms with Crippen molar-refractivity contribution in [3.8, 4) is 0 Å². The van der Waals surface area contributed by atoms with Gasteiger partial charge < -0.3 is 10.2 Å². The minimum absolute atomic E-state index is 0.115. The van der Waals surface area contributed by atoms with Crippen LogP contribution in [0.5, 0.6) is 0 Å². The molecule has 1 saturated heterocycles. The monoisotopic (exact) mass is 312 g/mol. The van der Waals surface area contributed by atoms with Crippen LogP contribution in [0.25, 0.3) is 0 Å². The van der Waals surface area contributed by atoms with Crippen molar-refractivity contribution in [1.82, 2.24) is 20.0 Å². The first-order valence-electron chi connectivity index (χ1n) is 6.93. The standard InChI is InChI=1S/C14H21ClN4O2/c1-8-6-11(20)16-14(3,4)13(21)19(8)7-10-12(15)9(2)17-18(10)5/h8H,6-7H2,1-5H3,(H,16,20). The lowest BCUT2D eigenvalue weighted by Crippen LogP contribution is -2.53. The average molecular weight is 313 g/mol. The molecule has 1 aromatic heterocycles. The first kappa shape index (κ1) is 15.8. The third-order valence-electron chi connectivity index (χ3n) is 3.84. The van der Waals surface area contributed by atoms with E-state index in [0.717, 1.165) is 11.4 Å². The molecule has 1 aliphatic heterocycles. The van der Waals surface area contributed by atoms with Gasteiger partial charge in [-0.3, -0.25) is 14.3 Å². The molecule has 2 amide bonds. The number of aryl methyl sites for hydroxylation is 2. The number of aromatic nitrogens is 2. The van der Waals surface area contributed by atoms with Crippen molar-refractivity contribution in [2.75, 3.05) is 0 Å². The van der Waals surface area contributed by atoms with Gasteiger partial charge in [0.25, 0.3) is 0 Å². The Labute approximate surface area is 129 Å². The normalized spacial score (nSPS) is 22.2. The maximum atomic E-state index is 12.7. The summed E-state index contributed by atoms with van der Waals surface area (Å²) in [5.41, 5.74) is 0.596. The van der Waals surface area contributed by atoms with Crippen molar-refractivity contribution in [2.24, 2.45) is 7.05 Å². The van der Waals surface area contributed by atoms with E-state index in [1.165, 1.54) is 0 Å². The zero-order chi connectivity index (χ0) is 15.9. The van der Waals surface area contributed by atoms with Gasteiger partial charge in [0.1, 0.15) is 5.54 Å². The molecular weight excluding hydrogens is 292 g/mol. The second-order valence-electron chi connectivity index (χ2n) is 6.13. The average Bonchev–Trinajstić information content (AvgIpc) is 2.55. The highest BCUT2D eigenvalue weighted by Crippen LogP contribution is 2.25. The van der Waals surface area contributed by atoms with E-state index in [1.54, 1.807) is 30.5 Å². The summed E-state index contributed by atoms with van der Waals surface area (Å²) in [6.45, 7) is 7.47. The van der Waals surface area contributed by atoms with Crippen molar-refractivity contribution < 1.29 is 9.59 Å². The molecular formula is C14H21ClN4O2. The van der Waals surface area contributed by atoms with Crippen molar-refractivity contribution in [3.63, 3.8) is 0 Å². The second-order valence-corrected chi connectivity index (χ2v) is 6.51. The number of amides is 2. The molecule has 1 unspecified atom stereocenters. The Kier molecular flexibility index (Phi) is 4.02. The largest absolute Gasteiger partial charge is 0.342 e. The predicted molar refractivity (Wildman–Crippen MR) is 79.8 cm³/mol. The van der Waals surface area contributed by atoms with Crippen LogP contribution < -0.4 is 5.32 Å². The minimum atomic E-state index is -0.915. The molecule has 1 atom stereocenters. The van der Waals surface area contributed by atoms with E-state index < -0.39 is 5.54 Å². The van der Waals surface area contributed by atoms with Crippen LogP contribution in [0.4, 0.5) is 0 Å². The molecule has 1 aromatic rings. The summed E-state index contributed by atoms with van der Waals surface area (Å²) in [6, 6.07) is -0.189. The smallest absolute Gasteiger partial charge is 0.248 e. The van der Waals surface area contributed by atoms with Gasteiger partial charge in [0, 0.05) is 19.5 Å². The quantitative estimate of drug-likeness (QED) is 0.897. The Morgan fingerprint density at radius 3 is 2.57 bits per heavy atom.